The lowest BCUT2D eigenvalue weighted by Gasteiger charge is -2.41. The van der Waals surface area contributed by atoms with Crippen molar-refractivity contribution in [1.29, 1.82) is 0 Å². The number of carbonyl (C=O) groups excluding carboxylic acids is 2. The molecule has 2 aliphatic rings. The molecule has 3 aromatic rings. The van der Waals surface area contributed by atoms with E-state index < -0.39 is 35.9 Å². The summed E-state index contributed by atoms with van der Waals surface area (Å²) in [5, 5.41) is 23.5. The van der Waals surface area contributed by atoms with Crippen LogP contribution in [0.4, 0.5) is 4.39 Å². The lowest BCUT2D eigenvalue weighted by Crippen LogP contribution is -2.55. The summed E-state index contributed by atoms with van der Waals surface area (Å²) in [5.74, 6) is -1.23. The van der Waals surface area contributed by atoms with Crippen LogP contribution in [0.25, 0.3) is 0 Å². The SMILES string of the molecule is O=C(NCCO)C1=C[C@@H](N(Cc2ccccc2F)C(=O)Cc2ccccc2)[C@H](O)[C@H]2Oc3ccccc3[C@@H]12. The van der Waals surface area contributed by atoms with Crippen LogP contribution < -0.4 is 10.1 Å². The molecule has 0 saturated heterocycles. The molecule has 1 aliphatic heterocycles. The van der Waals surface area contributed by atoms with E-state index in [1.54, 1.807) is 30.3 Å². The summed E-state index contributed by atoms with van der Waals surface area (Å²) in [6.45, 7) is -0.289. The van der Waals surface area contributed by atoms with Crippen molar-refractivity contribution < 1.29 is 28.9 Å². The average molecular weight is 517 g/mol. The van der Waals surface area contributed by atoms with Gasteiger partial charge in [-0.25, -0.2) is 4.39 Å². The number of hydrogen-bond donors (Lipinski definition) is 3. The zero-order valence-corrected chi connectivity index (χ0v) is 20.7. The Morgan fingerprint density at radius 3 is 2.45 bits per heavy atom. The molecular weight excluding hydrogens is 487 g/mol. The van der Waals surface area contributed by atoms with Crippen molar-refractivity contribution in [3.8, 4) is 5.75 Å². The average Bonchev–Trinajstić information content (AvgIpc) is 3.33. The maximum Gasteiger partial charge on any atom is 0.247 e. The minimum absolute atomic E-state index is 0.0353. The molecule has 1 aliphatic carbocycles. The quantitative estimate of drug-likeness (QED) is 0.428. The summed E-state index contributed by atoms with van der Waals surface area (Å²) in [5.41, 5.74) is 2.15. The van der Waals surface area contributed by atoms with Gasteiger partial charge < -0.3 is 25.2 Å². The van der Waals surface area contributed by atoms with Gasteiger partial charge in [0.1, 0.15) is 23.8 Å². The minimum atomic E-state index is -1.19. The number of para-hydroxylation sites is 1. The minimum Gasteiger partial charge on any atom is -0.486 e. The number of aliphatic hydroxyl groups excluding tert-OH is 2. The van der Waals surface area contributed by atoms with Crippen molar-refractivity contribution in [2.24, 2.45) is 0 Å². The van der Waals surface area contributed by atoms with Gasteiger partial charge in [0.2, 0.25) is 11.8 Å². The lowest BCUT2D eigenvalue weighted by molar-refractivity contribution is -0.137. The van der Waals surface area contributed by atoms with E-state index >= 15 is 0 Å². The fraction of sp³-hybridized carbons (Fsp3) is 0.267. The third-order valence-corrected chi connectivity index (χ3v) is 7.05. The van der Waals surface area contributed by atoms with E-state index in [1.807, 2.05) is 48.5 Å². The molecule has 0 spiro atoms. The van der Waals surface area contributed by atoms with Crippen molar-refractivity contribution in [2.45, 2.75) is 37.1 Å². The molecule has 0 unspecified atom stereocenters. The van der Waals surface area contributed by atoms with Crippen LogP contribution in [-0.4, -0.2) is 58.3 Å². The second-order valence-corrected chi connectivity index (χ2v) is 9.46. The highest BCUT2D eigenvalue weighted by Gasteiger charge is 2.50. The Balaban J connectivity index is 1.56. The van der Waals surface area contributed by atoms with E-state index in [4.69, 9.17) is 4.74 Å². The zero-order chi connectivity index (χ0) is 26.6. The summed E-state index contributed by atoms with van der Waals surface area (Å²) in [4.78, 5) is 28.4. The van der Waals surface area contributed by atoms with Gasteiger partial charge in [0, 0.05) is 29.8 Å². The fourth-order valence-corrected chi connectivity index (χ4v) is 5.23. The van der Waals surface area contributed by atoms with Crippen LogP contribution in [0.1, 0.15) is 22.6 Å². The number of halogens is 1. The highest BCUT2D eigenvalue weighted by Crippen LogP contribution is 2.47. The summed E-state index contributed by atoms with van der Waals surface area (Å²) < 4.78 is 20.8. The van der Waals surface area contributed by atoms with Gasteiger partial charge in [0.05, 0.1) is 25.0 Å². The van der Waals surface area contributed by atoms with Crippen LogP contribution in [0.15, 0.2) is 90.5 Å². The maximum atomic E-state index is 14.7. The first-order valence-corrected chi connectivity index (χ1v) is 12.6. The lowest BCUT2D eigenvalue weighted by atomic mass is 9.77. The van der Waals surface area contributed by atoms with E-state index in [9.17, 15) is 24.2 Å². The van der Waals surface area contributed by atoms with E-state index in [0.29, 0.717) is 16.9 Å². The van der Waals surface area contributed by atoms with Crippen LogP contribution in [0.3, 0.4) is 0 Å². The molecule has 8 heteroatoms. The van der Waals surface area contributed by atoms with Gasteiger partial charge in [-0.3, -0.25) is 9.59 Å². The van der Waals surface area contributed by atoms with Crippen molar-refractivity contribution in [3.63, 3.8) is 0 Å². The maximum absolute atomic E-state index is 14.7. The molecule has 3 aromatic carbocycles. The van der Waals surface area contributed by atoms with Crippen molar-refractivity contribution in [2.75, 3.05) is 13.2 Å². The second-order valence-electron chi connectivity index (χ2n) is 9.46. The molecule has 7 nitrogen and oxygen atoms in total. The highest BCUT2D eigenvalue weighted by atomic mass is 19.1. The molecule has 3 N–H and O–H groups in total. The molecule has 2 amide bonds. The Kier molecular flexibility index (Phi) is 7.53. The summed E-state index contributed by atoms with van der Waals surface area (Å²) >= 11 is 0. The Morgan fingerprint density at radius 2 is 1.68 bits per heavy atom. The van der Waals surface area contributed by atoms with Crippen molar-refractivity contribution >= 4 is 11.8 Å². The van der Waals surface area contributed by atoms with Gasteiger partial charge in [0.15, 0.2) is 0 Å². The Morgan fingerprint density at radius 1 is 0.974 bits per heavy atom. The third kappa shape index (κ3) is 5.05. The van der Waals surface area contributed by atoms with E-state index in [-0.39, 0.29) is 32.0 Å². The highest BCUT2D eigenvalue weighted by molar-refractivity contribution is 5.96. The topological polar surface area (TPSA) is 99.1 Å². The van der Waals surface area contributed by atoms with Crippen LogP contribution in [0.2, 0.25) is 0 Å². The number of ether oxygens (including phenoxy) is 1. The number of rotatable bonds is 8. The molecule has 5 rings (SSSR count). The normalized spacial score (nSPS) is 21.5. The largest absolute Gasteiger partial charge is 0.486 e. The molecule has 4 atom stereocenters. The van der Waals surface area contributed by atoms with Crippen LogP contribution >= 0.6 is 0 Å². The van der Waals surface area contributed by atoms with Gasteiger partial charge in [-0.1, -0.05) is 66.7 Å². The standard InChI is InChI=1S/C30H29FN2O5/c31-23-12-6-4-10-20(23)18-33(26(35)16-19-8-2-1-3-9-19)24-17-22(30(37)32-14-15-34)27-21-11-5-7-13-25(21)38-29(27)28(24)36/h1-13,17,24,27-29,34,36H,14-16,18H2,(H,32,37)/t24-,27+,28+,29+/m1/s1. The first kappa shape index (κ1) is 25.6. The third-order valence-electron chi connectivity index (χ3n) is 7.05. The number of aliphatic hydroxyl groups is 2. The molecule has 0 aromatic heterocycles. The smallest absolute Gasteiger partial charge is 0.247 e. The molecule has 38 heavy (non-hydrogen) atoms. The van der Waals surface area contributed by atoms with E-state index in [0.717, 1.165) is 11.1 Å². The van der Waals surface area contributed by atoms with Gasteiger partial charge in [0.25, 0.3) is 0 Å². The van der Waals surface area contributed by atoms with Gasteiger partial charge in [-0.15, -0.1) is 0 Å². The summed E-state index contributed by atoms with van der Waals surface area (Å²) in [7, 11) is 0. The van der Waals surface area contributed by atoms with Crippen LogP contribution in [-0.2, 0) is 22.6 Å². The van der Waals surface area contributed by atoms with Crippen LogP contribution in [0, 0.1) is 5.82 Å². The number of amides is 2. The fourth-order valence-electron chi connectivity index (χ4n) is 5.23. The van der Waals surface area contributed by atoms with Crippen LogP contribution in [0.5, 0.6) is 5.75 Å². The molecule has 196 valence electrons. The molecule has 0 fully saturated rings. The molecule has 0 radical (unpaired) electrons. The number of fused-ring (bicyclic) bond motifs is 3. The predicted octanol–water partition coefficient (Wildman–Crippen LogP) is 2.72. The molecular formula is C30H29FN2O5. The Labute approximate surface area is 220 Å². The number of nitrogens with one attached hydrogen (secondary N) is 1. The molecule has 0 saturated carbocycles. The van der Waals surface area contributed by atoms with Gasteiger partial charge in [-0.2, -0.15) is 0 Å². The first-order valence-electron chi connectivity index (χ1n) is 12.6. The Bertz CT molecular complexity index is 1350. The number of benzene rings is 3. The molecule has 0 bridgehead atoms. The number of nitrogens with zero attached hydrogens (tertiary/aromatic N) is 1. The number of carbonyl (C=O) groups is 2. The Hall–Kier alpha value is -4.01. The van der Waals surface area contributed by atoms with Crippen molar-refractivity contribution in [1.82, 2.24) is 10.2 Å². The predicted molar refractivity (Wildman–Crippen MR) is 139 cm³/mol. The summed E-state index contributed by atoms with van der Waals surface area (Å²) in [6.07, 6.45) is -0.389. The van der Waals surface area contributed by atoms with Gasteiger partial charge >= 0.3 is 0 Å². The van der Waals surface area contributed by atoms with Crippen molar-refractivity contribution in [3.05, 3.63) is 113 Å². The molecule has 1 heterocycles. The first-order chi connectivity index (χ1) is 18.5. The summed E-state index contributed by atoms with van der Waals surface area (Å²) in [6, 6.07) is 21.6. The van der Waals surface area contributed by atoms with E-state index in [1.165, 1.54) is 11.0 Å². The second kappa shape index (κ2) is 11.2. The monoisotopic (exact) mass is 516 g/mol. The van der Waals surface area contributed by atoms with E-state index in [2.05, 4.69) is 5.32 Å². The zero-order valence-electron chi connectivity index (χ0n) is 20.7. The van der Waals surface area contributed by atoms with Gasteiger partial charge in [-0.05, 0) is 23.8 Å². The number of hydrogen-bond acceptors (Lipinski definition) is 5.